The summed E-state index contributed by atoms with van der Waals surface area (Å²) >= 11 is 3.51. The van der Waals surface area contributed by atoms with Gasteiger partial charge in [-0.3, -0.25) is 0 Å². The van der Waals surface area contributed by atoms with Crippen LogP contribution in [0.15, 0.2) is 16.6 Å². The molecule has 0 fully saturated rings. The summed E-state index contributed by atoms with van der Waals surface area (Å²) in [4.78, 5) is 13.7. The average molecular weight is 336 g/mol. The number of aryl methyl sites for hydroxylation is 2. The maximum atomic E-state index is 12.2. The highest BCUT2D eigenvalue weighted by Crippen LogP contribution is 2.31. The second kappa shape index (κ2) is 6.27. The molecule has 0 spiro atoms. The van der Waals surface area contributed by atoms with E-state index in [-0.39, 0.29) is 12.1 Å². The molecule has 5 heteroatoms. The van der Waals surface area contributed by atoms with Crippen molar-refractivity contribution in [2.24, 2.45) is 0 Å². The summed E-state index contributed by atoms with van der Waals surface area (Å²) in [7, 11) is 1.71. The minimum Gasteiger partial charge on any atom is -0.324 e. The van der Waals surface area contributed by atoms with E-state index in [1.165, 1.54) is 17.5 Å². The molecule has 1 aliphatic carbocycles. The number of carbonyl (C=O) groups is 1. The lowest BCUT2D eigenvalue weighted by Gasteiger charge is -2.23. The van der Waals surface area contributed by atoms with Crippen molar-refractivity contribution in [3.63, 3.8) is 0 Å². The minimum absolute atomic E-state index is 0.104. The first-order valence-electron chi connectivity index (χ1n) is 6.75. The van der Waals surface area contributed by atoms with E-state index in [1.807, 2.05) is 13.0 Å². The van der Waals surface area contributed by atoms with Gasteiger partial charge in [0.25, 0.3) is 0 Å². The van der Waals surface area contributed by atoms with Crippen LogP contribution >= 0.6 is 15.9 Å². The highest BCUT2D eigenvalue weighted by molar-refractivity contribution is 9.10. The molecule has 20 heavy (non-hydrogen) atoms. The van der Waals surface area contributed by atoms with Crippen LogP contribution < -0.4 is 5.32 Å². The largest absolute Gasteiger partial charge is 0.324 e. The van der Waals surface area contributed by atoms with E-state index >= 15 is 0 Å². The van der Waals surface area contributed by atoms with Crippen LogP contribution in [0, 0.1) is 11.3 Å². The Bertz CT molecular complexity index is 565. The number of amides is 2. The third kappa shape index (κ3) is 3.13. The molecular weight excluding hydrogens is 318 g/mol. The molecule has 2 amide bonds. The fourth-order valence-corrected chi connectivity index (χ4v) is 2.85. The fraction of sp³-hybridized carbons (Fsp3) is 0.467. The molecule has 0 heterocycles. The number of halogens is 1. The summed E-state index contributed by atoms with van der Waals surface area (Å²) in [6.07, 6.45) is 3.70. The number of anilines is 1. The second-order valence-electron chi connectivity index (χ2n) is 5.21. The zero-order chi connectivity index (χ0) is 14.7. The van der Waals surface area contributed by atoms with Crippen LogP contribution in [0.2, 0.25) is 0 Å². The molecule has 2 rings (SSSR count). The molecule has 1 aromatic rings. The highest BCUT2D eigenvalue weighted by Gasteiger charge is 2.18. The van der Waals surface area contributed by atoms with Crippen molar-refractivity contribution in [3.05, 3.63) is 27.7 Å². The lowest BCUT2D eigenvalue weighted by molar-refractivity contribution is 0.208. The molecule has 0 aliphatic heterocycles. The molecule has 0 saturated heterocycles. The van der Waals surface area contributed by atoms with Gasteiger partial charge in [0.05, 0.1) is 18.2 Å². The lowest BCUT2D eigenvalue weighted by atomic mass is 10.1. The number of fused-ring (bicyclic) bond motifs is 1. The molecule has 0 saturated carbocycles. The first-order chi connectivity index (χ1) is 9.52. The Kier molecular flexibility index (Phi) is 4.66. The van der Waals surface area contributed by atoms with Crippen LogP contribution in [0.4, 0.5) is 10.5 Å². The number of carbonyl (C=O) groups excluding carboxylic acids is 1. The summed E-state index contributed by atoms with van der Waals surface area (Å²) in [6.45, 7) is 1.86. The molecule has 0 bridgehead atoms. The van der Waals surface area contributed by atoms with E-state index in [0.717, 1.165) is 23.0 Å². The van der Waals surface area contributed by atoms with Gasteiger partial charge in [-0.05, 0) is 65.4 Å². The predicted octanol–water partition coefficient (Wildman–Crippen LogP) is 3.70. The molecule has 0 aromatic heterocycles. The van der Waals surface area contributed by atoms with Gasteiger partial charge in [-0.1, -0.05) is 0 Å². The molecule has 1 N–H and O–H groups in total. The number of urea groups is 1. The van der Waals surface area contributed by atoms with Crippen LogP contribution in [-0.4, -0.2) is 24.0 Å². The number of benzene rings is 1. The molecule has 1 aromatic carbocycles. The van der Waals surface area contributed by atoms with Crippen LogP contribution in [0.1, 0.15) is 30.9 Å². The van der Waals surface area contributed by atoms with Gasteiger partial charge < -0.3 is 10.2 Å². The van der Waals surface area contributed by atoms with Crippen LogP contribution in [0.25, 0.3) is 0 Å². The van der Waals surface area contributed by atoms with Gasteiger partial charge in [0.15, 0.2) is 0 Å². The minimum atomic E-state index is -0.189. The first kappa shape index (κ1) is 14.9. The van der Waals surface area contributed by atoms with Gasteiger partial charge >= 0.3 is 6.03 Å². The van der Waals surface area contributed by atoms with Crippen molar-refractivity contribution in [3.8, 4) is 6.07 Å². The SMILES string of the molecule is CC(CC#N)N(C)C(=O)Nc1cc2c(cc1Br)CCC2. The fourth-order valence-electron chi connectivity index (χ4n) is 2.36. The van der Waals surface area contributed by atoms with E-state index in [1.54, 1.807) is 11.9 Å². The van der Waals surface area contributed by atoms with Crippen molar-refractivity contribution in [2.75, 3.05) is 12.4 Å². The number of hydrogen-bond donors (Lipinski definition) is 1. The van der Waals surface area contributed by atoms with Crippen LogP contribution in [0.3, 0.4) is 0 Å². The van der Waals surface area contributed by atoms with Crippen LogP contribution in [-0.2, 0) is 12.8 Å². The van der Waals surface area contributed by atoms with E-state index in [0.29, 0.717) is 6.42 Å². The number of nitrogens with one attached hydrogen (secondary N) is 1. The molecule has 106 valence electrons. The first-order valence-corrected chi connectivity index (χ1v) is 7.54. The standard InChI is InChI=1S/C15H18BrN3O/c1-10(6-7-17)19(2)15(20)18-14-9-12-5-3-4-11(12)8-13(14)16/h8-10H,3-6H2,1-2H3,(H,18,20). The average Bonchev–Trinajstić information content (AvgIpc) is 2.85. The Morgan fingerprint density at radius 2 is 2.15 bits per heavy atom. The van der Waals surface area contributed by atoms with Gasteiger partial charge in [0, 0.05) is 17.6 Å². The third-order valence-corrected chi connectivity index (χ3v) is 4.45. The Balaban J connectivity index is 2.10. The number of nitrogens with zero attached hydrogens (tertiary/aromatic N) is 2. The lowest BCUT2D eigenvalue weighted by Crippen LogP contribution is -2.38. The topological polar surface area (TPSA) is 56.1 Å². The van der Waals surface area contributed by atoms with Crippen molar-refractivity contribution in [1.29, 1.82) is 5.26 Å². The van der Waals surface area contributed by atoms with Gasteiger partial charge in [-0.15, -0.1) is 0 Å². The molecule has 1 atom stereocenters. The second-order valence-corrected chi connectivity index (χ2v) is 6.06. The monoisotopic (exact) mass is 335 g/mol. The van der Waals surface area contributed by atoms with Crippen molar-refractivity contribution >= 4 is 27.6 Å². The van der Waals surface area contributed by atoms with E-state index in [9.17, 15) is 4.79 Å². The Morgan fingerprint density at radius 3 is 2.80 bits per heavy atom. The number of hydrogen-bond acceptors (Lipinski definition) is 2. The molecule has 0 radical (unpaired) electrons. The highest BCUT2D eigenvalue weighted by atomic mass is 79.9. The van der Waals surface area contributed by atoms with Crippen molar-refractivity contribution < 1.29 is 4.79 Å². The Labute approximate surface area is 127 Å². The van der Waals surface area contributed by atoms with Gasteiger partial charge in [0.1, 0.15) is 0 Å². The zero-order valence-electron chi connectivity index (χ0n) is 11.7. The van der Waals surface area contributed by atoms with E-state index < -0.39 is 0 Å². The summed E-state index contributed by atoms with van der Waals surface area (Å²) in [5.74, 6) is 0. The quantitative estimate of drug-likeness (QED) is 0.915. The van der Waals surface area contributed by atoms with E-state index in [4.69, 9.17) is 5.26 Å². The number of nitriles is 1. The smallest absolute Gasteiger partial charge is 0.321 e. The van der Waals surface area contributed by atoms with Crippen molar-refractivity contribution in [1.82, 2.24) is 4.90 Å². The van der Waals surface area contributed by atoms with Gasteiger partial charge in [-0.2, -0.15) is 5.26 Å². The van der Waals surface area contributed by atoms with Gasteiger partial charge in [-0.25, -0.2) is 4.79 Å². The Morgan fingerprint density at radius 1 is 1.50 bits per heavy atom. The molecular formula is C15H18BrN3O. The molecule has 1 unspecified atom stereocenters. The van der Waals surface area contributed by atoms with Crippen LogP contribution in [0.5, 0.6) is 0 Å². The maximum Gasteiger partial charge on any atom is 0.321 e. The summed E-state index contributed by atoms with van der Waals surface area (Å²) in [5, 5.41) is 11.6. The van der Waals surface area contributed by atoms with Gasteiger partial charge in [0.2, 0.25) is 0 Å². The number of rotatable bonds is 3. The molecule has 4 nitrogen and oxygen atoms in total. The van der Waals surface area contributed by atoms with Crippen molar-refractivity contribution in [2.45, 2.75) is 38.6 Å². The maximum absolute atomic E-state index is 12.2. The normalized spacial score (nSPS) is 14.3. The predicted molar refractivity (Wildman–Crippen MR) is 82.6 cm³/mol. The summed E-state index contributed by atoms with van der Waals surface area (Å²) < 4.78 is 0.910. The summed E-state index contributed by atoms with van der Waals surface area (Å²) in [5.41, 5.74) is 3.48. The zero-order valence-corrected chi connectivity index (χ0v) is 13.3. The molecule has 1 aliphatic rings. The third-order valence-electron chi connectivity index (χ3n) is 3.79. The Hall–Kier alpha value is -1.54. The van der Waals surface area contributed by atoms with E-state index in [2.05, 4.69) is 33.4 Å². The summed E-state index contributed by atoms with van der Waals surface area (Å²) in [6, 6.07) is 5.93.